The van der Waals surface area contributed by atoms with Crippen LogP contribution in [0.25, 0.3) is 0 Å². The lowest BCUT2D eigenvalue weighted by molar-refractivity contribution is 0.200. The van der Waals surface area contributed by atoms with E-state index in [-0.39, 0.29) is 0 Å². The SMILES string of the molecule is CC1N(C)N=C([S-])N1C. The molecule has 0 aromatic carbocycles. The molecule has 1 heterocycles. The Balaban J connectivity index is 2.70. The first kappa shape index (κ1) is 6.61. The lowest BCUT2D eigenvalue weighted by Crippen LogP contribution is -2.34. The lowest BCUT2D eigenvalue weighted by atomic mass is 10.5. The molecule has 1 unspecified atom stereocenters. The molecule has 0 amide bonds. The molecule has 1 aliphatic heterocycles. The standard InChI is InChI=1S/C5H11N3S/c1-4-7(2)5(9)6-8(4)3/h4H,1-3H3,(H,6,9)/p-1. The molecule has 4 heteroatoms. The van der Waals surface area contributed by atoms with Gasteiger partial charge in [0, 0.05) is 19.3 Å². The molecule has 1 rings (SSSR count). The number of amidine groups is 1. The molecule has 0 fully saturated rings. The summed E-state index contributed by atoms with van der Waals surface area (Å²) in [6, 6.07) is 0. The molecule has 1 aliphatic rings. The Morgan fingerprint density at radius 1 is 1.56 bits per heavy atom. The Kier molecular flexibility index (Phi) is 1.48. The second kappa shape index (κ2) is 2.02. The predicted octanol–water partition coefficient (Wildman–Crippen LogP) is 0.0275. The second-order valence-corrected chi connectivity index (χ2v) is 2.56. The van der Waals surface area contributed by atoms with Gasteiger partial charge in [-0.2, -0.15) is 5.10 Å². The smallest absolute Gasteiger partial charge is 0.114 e. The van der Waals surface area contributed by atoms with Crippen LogP contribution in [0.1, 0.15) is 6.92 Å². The van der Waals surface area contributed by atoms with E-state index in [9.17, 15) is 0 Å². The third-order valence-electron chi connectivity index (χ3n) is 1.65. The highest BCUT2D eigenvalue weighted by Crippen LogP contribution is 2.09. The van der Waals surface area contributed by atoms with Crippen LogP contribution in [-0.2, 0) is 12.6 Å². The van der Waals surface area contributed by atoms with E-state index in [1.807, 2.05) is 24.0 Å². The van der Waals surface area contributed by atoms with Crippen LogP contribution in [0.5, 0.6) is 0 Å². The van der Waals surface area contributed by atoms with Gasteiger partial charge in [0.25, 0.3) is 0 Å². The van der Waals surface area contributed by atoms with Crippen molar-refractivity contribution in [1.29, 1.82) is 0 Å². The van der Waals surface area contributed by atoms with Gasteiger partial charge in [0.15, 0.2) is 0 Å². The van der Waals surface area contributed by atoms with E-state index < -0.39 is 0 Å². The zero-order valence-electron chi connectivity index (χ0n) is 5.83. The molecule has 0 aromatic heterocycles. The van der Waals surface area contributed by atoms with Gasteiger partial charge in [0.1, 0.15) is 6.17 Å². The summed E-state index contributed by atoms with van der Waals surface area (Å²) in [4.78, 5) is 1.95. The van der Waals surface area contributed by atoms with Crippen molar-refractivity contribution in [3.05, 3.63) is 0 Å². The molecule has 0 bridgehead atoms. The molecule has 52 valence electrons. The molecule has 0 saturated heterocycles. The van der Waals surface area contributed by atoms with Gasteiger partial charge in [0.05, 0.1) is 0 Å². The summed E-state index contributed by atoms with van der Waals surface area (Å²) in [5.41, 5.74) is 0. The summed E-state index contributed by atoms with van der Waals surface area (Å²) >= 11 is 4.91. The Morgan fingerprint density at radius 3 is 2.22 bits per heavy atom. The topological polar surface area (TPSA) is 18.8 Å². The van der Waals surface area contributed by atoms with E-state index in [2.05, 4.69) is 12.0 Å². The average Bonchev–Trinajstić information content (AvgIpc) is 1.98. The molecule has 0 saturated carbocycles. The third-order valence-corrected chi connectivity index (χ3v) is 2.02. The van der Waals surface area contributed by atoms with Crippen LogP contribution in [0.4, 0.5) is 0 Å². The van der Waals surface area contributed by atoms with Gasteiger partial charge in [-0.3, -0.25) is 5.01 Å². The van der Waals surface area contributed by atoms with Crippen LogP contribution < -0.4 is 0 Å². The normalized spacial score (nSPS) is 27.0. The van der Waals surface area contributed by atoms with Gasteiger partial charge in [0.2, 0.25) is 0 Å². The fourth-order valence-electron chi connectivity index (χ4n) is 0.700. The molecular weight excluding hydrogens is 134 g/mol. The van der Waals surface area contributed by atoms with E-state index in [0.29, 0.717) is 11.3 Å². The van der Waals surface area contributed by atoms with Crippen LogP contribution in [-0.4, -0.2) is 35.3 Å². The molecule has 0 aromatic rings. The highest BCUT2D eigenvalue weighted by atomic mass is 32.1. The van der Waals surface area contributed by atoms with Gasteiger partial charge >= 0.3 is 0 Å². The fraction of sp³-hybridized carbons (Fsp3) is 0.800. The Hall–Kier alpha value is -0.510. The van der Waals surface area contributed by atoms with E-state index in [1.165, 1.54) is 0 Å². The second-order valence-electron chi connectivity index (χ2n) is 2.20. The summed E-state index contributed by atoms with van der Waals surface area (Å²) in [7, 11) is 3.86. The minimum absolute atomic E-state index is 0.317. The summed E-state index contributed by atoms with van der Waals surface area (Å²) in [5.74, 6) is 0. The number of nitrogens with zero attached hydrogens (tertiary/aromatic N) is 3. The molecule has 0 spiro atoms. The van der Waals surface area contributed by atoms with Crippen molar-refractivity contribution in [2.75, 3.05) is 14.1 Å². The minimum atomic E-state index is 0.317. The lowest BCUT2D eigenvalue weighted by Gasteiger charge is -2.24. The van der Waals surface area contributed by atoms with Gasteiger partial charge in [-0.1, -0.05) is 0 Å². The first-order valence-corrected chi connectivity index (χ1v) is 3.25. The van der Waals surface area contributed by atoms with Crippen molar-refractivity contribution < 1.29 is 0 Å². The van der Waals surface area contributed by atoms with E-state index >= 15 is 0 Å². The minimum Gasteiger partial charge on any atom is -0.741 e. The van der Waals surface area contributed by atoms with Crippen LogP contribution in [0.2, 0.25) is 0 Å². The molecule has 0 aliphatic carbocycles. The molecule has 0 radical (unpaired) electrons. The average molecular weight is 144 g/mol. The zero-order chi connectivity index (χ0) is 7.02. The largest absolute Gasteiger partial charge is 0.741 e. The fourth-order valence-corrected chi connectivity index (χ4v) is 0.981. The number of hydrogen-bond donors (Lipinski definition) is 0. The number of hydrogen-bond acceptors (Lipinski definition) is 4. The van der Waals surface area contributed by atoms with Crippen LogP contribution >= 0.6 is 0 Å². The maximum Gasteiger partial charge on any atom is 0.114 e. The van der Waals surface area contributed by atoms with Crippen molar-refractivity contribution in [3.8, 4) is 0 Å². The van der Waals surface area contributed by atoms with Crippen molar-refractivity contribution in [1.82, 2.24) is 9.91 Å². The Bertz CT molecular complexity index is 145. The maximum atomic E-state index is 4.91. The van der Waals surface area contributed by atoms with Crippen LogP contribution in [0.15, 0.2) is 5.10 Å². The number of hydrazone groups is 1. The van der Waals surface area contributed by atoms with Gasteiger partial charge in [-0.15, -0.1) is 0 Å². The Morgan fingerprint density at radius 2 is 2.11 bits per heavy atom. The van der Waals surface area contributed by atoms with E-state index in [1.54, 1.807) is 0 Å². The molecule has 9 heavy (non-hydrogen) atoms. The van der Waals surface area contributed by atoms with Gasteiger partial charge in [-0.25, -0.2) is 0 Å². The van der Waals surface area contributed by atoms with Crippen LogP contribution in [0.3, 0.4) is 0 Å². The van der Waals surface area contributed by atoms with Gasteiger partial charge in [-0.05, 0) is 6.92 Å². The maximum absolute atomic E-state index is 4.91. The predicted molar refractivity (Wildman–Crippen MR) is 39.8 cm³/mol. The summed E-state index contributed by atoms with van der Waals surface area (Å²) < 4.78 is 0. The summed E-state index contributed by atoms with van der Waals surface area (Å²) in [6.07, 6.45) is 0.317. The molecule has 1 atom stereocenters. The molecule has 0 N–H and O–H groups in total. The zero-order valence-corrected chi connectivity index (χ0v) is 6.64. The third kappa shape index (κ3) is 0.941. The Labute approximate surface area is 60.7 Å². The van der Waals surface area contributed by atoms with Gasteiger partial charge < -0.3 is 17.5 Å². The van der Waals surface area contributed by atoms with Crippen molar-refractivity contribution in [2.24, 2.45) is 5.10 Å². The van der Waals surface area contributed by atoms with Crippen LogP contribution in [0, 0.1) is 0 Å². The first-order valence-electron chi connectivity index (χ1n) is 2.84. The van der Waals surface area contributed by atoms with Crippen molar-refractivity contribution in [3.63, 3.8) is 0 Å². The van der Waals surface area contributed by atoms with E-state index in [4.69, 9.17) is 12.6 Å². The number of rotatable bonds is 0. The summed E-state index contributed by atoms with van der Waals surface area (Å²) in [6.45, 7) is 2.06. The highest BCUT2D eigenvalue weighted by molar-refractivity contribution is 7.77. The monoisotopic (exact) mass is 144 g/mol. The molecule has 3 nitrogen and oxygen atoms in total. The highest BCUT2D eigenvalue weighted by Gasteiger charge is 2.16. The van der Waals surface area contributed by atoms with Crippen molar-refractivity contribution in [2.45, 2.75) is 13.1 Å². The quantitative estimate of drug-likeness (QED) is 0.447. The molecular formula is C5H10N3S-. The van der Waals surface area contributed by atoms with E-state index in [0.717, 1.165) is 0 Å². The first-order chi connectivity index (χ1) is 4.13. The summed E-state index contributed by atoms with van der Waals surface area (Å²) in [5, 5.41) is 6.56. The van der Waals surface area contributed by atoms with Crippen molar-refractivity contribution >= 4 is 17.8 Å².